The number of hydrogen-bond donors (Lipinski definition) is 0. The van der Waals surface area contributed by atoms with Gasteiger partial charge in [-0.05, 0) is 73.4 Å². The van der Waals surface area contributed by atoms with Crippen molar-refractivity contribution in [1.29, 1.82) is 0 Å². The van der Waals surface area contributed by atoms with Crippen molar-refractivity contribution < 1.29 is 22.8 Å². The SMILES string of the molecule is CC(C(=O)Cn1nc(-c2ccc(F)cc2)nc1-c1ccc(F)cc1)C1CCCN(c2cc(F)ccn2)C(=O)C1. The molecule has 5 rings (SSSR count). The molecule has 7 nitrogen and oxygen atoms in total. The third-order valence-corrected chi connectivity index (χ3v) is 7.08. The number of pyridine rings is 1. The molecule has 4 aromatic rings. The van der Waals surface area contributed by atoms with Gasteiger partial charge in [0.1, 0.15) is 29.8 Å². The summed E-state index contributed by atoms with van der Waals surface area (Å²) in [4.78, 5) is 36.7. The number of carbonyl (C=O) groups is 2. The molecular formula is C29H26F3N5O2. The Hall–Kier alpha value is -4.34. The van der Waals surface area contributed by atoms with Gasteiger partial charge in [0.2, 0.25) is 5.91 Å². The fourth-order valence-corrected chi connectivity index (χ4v) is 4.82. The monoisotopic (exact) mass is 533 g/mol. The minimum atomic E-state index is -0.470. The van der Waals surface area contributed by atoms with Gasteiger partial charge >= 0.3 is 0 Å². The van der Waals surface area contributed by atoms with Gasteiger partial charge in [-0.1, -0.05) is 6.92 Å². The Morgan fingerprint density at radius 3 is 2.31 bits per heavy atom. The molecule has 1 aliphatic heterocycles. The normalized spacial score (nSPS) is 16.7. The second-order valence-corrected chi connectivity index (χ2v) is 9.67. The largest absolute Gasteiger partial charge is 0.297 e. The van der Waals surface area contributed by atoms with Gasteiger partial charge in [0.05, 0.1) is 0 Å². The zero-order valence-electron chi connectivity index (χ0n) is 21.2. The Kier molecular flexibility index (Phi) is 7.53. The van der Waals surface area contributed by atoms with E-state index >= 15 is 0 Å². The fraction of sp³-hybridized carbons (Fsp3) is 0.276. The average molecular weight is 534 g/mol. The van der Waals surface area contributed by atoms with E-state index in [1.54, 1.807) is 31.2 Å². The van der Waals surface area contributed by atoms with E-state index in [1.807, 2.05) is 0 Å². The molecule has 0 bridgehead atoms. The summed E-state index contributed by atoms with van der Waals surface area (Å²) < 4.78 is 42.2. The first-order valence-corrected chi connectivity index (χ1v) is 12.7. The van der Waals surface area contributed by atoms with Crippen molar-refractivity contribution in [2.75, 3.05) is 11.4 Å². The molecule has 0 N–H and O–H groups in total. The van der Waals surface area contributed by atoms with E-state index in [0.29, 0.717) is 42.2 Å². The number of nitrogens with zero attached hydrogens (tertiary/aromatic N) is 5. The molecule has 10 heteroatoms. The lowest BCUT2D eigenvalue weighted by Crippen LogP contribution is -2.33. The quantitative estimate of drug-likeness (QED) is 0.315. The van der Waals surface area contributed by atoms with Gasteiger partial charge in [-0.2, -0.15) is 0 Å². The zero-order valence-corrected chi connectivity index (χ0v) is 21.2. The number of halogens is 3. The number of ketones is 1. The van der Waals surface area contributed by atoms with Crippen LogP contribution in [-0.2, 0) is 16.1 Å². The molecule has 0 aliphatic carbocycles. The second-order valence-electron chi connectivity index (χ2n) is 9.67. The molecular weight excluding hydrogens is 507 g/mol. The van der Waals surface area contributed by atoms with Crippen LogP contribution in [0.1, 0.15) is 26.2 Å². The van der Waals surface area contributed by atoms with Crippen molar-refractivity contribution in [2.45, 2.75) is 32.7 Å². The van der Waals surface area contributed by atoms with Gasteiger partial charge in [0, 0.05) is 42.3 Å². The number of carbonyl (C=O) groups excluding carboxylic acids is 2. The predicted molar refractivity (Wildman–Crippen MR) is 139 cm³/mol. The van der Waals surface area contributed by atoms with E-state index < -0.39 is 23.4 Å². The van der Waals surface area contributed by atoms with E-state index in [2.05, 4.69) is 15.1 Å². The van der Waals surface area contributed by atoms with Crippen LogP contribution in [0.25, 0.3) is 22.8 Å². The Labute approximate surface area is 223 Å². The maximum absolute atomic E-state index is 13.7. The molecule has 1 aliphatic rings. The summed E-state index contributed by atoms with van der Waals surface area (Å²) in [6.45, 7) is 2.08. The van der Waals surface area contributed by atoms with Crippen LogP contribution in [0, 0.1) is 29.3 Å². The molecule has 1 fully saturated rings. The molecule has 0 saturated carbocycles. The summed E-state index contributed by atoms with van der Waals surface area (Å²) in [6, 6.07) is 13.8. The van der Waals surface area contributed by atoms with Gasteiger partial charge in [-0.15, -0.1) is 5.10 Å². The van der Waals surface area contributed by atoms with Gasteiger partial charge in [0.25, 0.3) is 0 Å². The van der Waals surface area contributed by atoms with Crippen LogP contribution in [0.3, 0.4) is 0 Å². The van der Waals surface area contributed by atoms with E-state index in [4.69, 9.17) is 0 Å². The number of Topliss-reactive ketones (excluding diaryl/α,β-unsaturated/α-hetero) is 1. The predicted octanol–water partition coefficient (Wildman–Crippen LogP) is 5.46. The van der Waals surface area contributed by atoms with Crippen LogP contribution in [0.5, 0.6) is 0 Å². The van der Waals surface area contributed by atoms with Crippen LogP contribution in [0.15, 0.2) is 66.9 Å². The molecule has 0 spiro atoms. The summed E-state index contributed by atoms with van der Waals surface area (Å²) in [6.07, 6.45) is 2.75. The molecule has 39 heavy (non-hydrogen) atoms. The Morgan fingerprint density at radius 1 is 0.974 bits per heavy atom. The summed E-state index contributed by atoms with van der Waals surface area (Å²) in [5.74, 6) is -1.36. The highest BCUT2D eigenvalue weighted by atomic mass is 19.1. The minimum absolute atomic E-state index is 0.109. The first-order chi connectivity index (χ1) is 18.8. The van der Waals surface area contributed by atoms with Gasteiger partial charge in [-0.25, -0.2) is 27.8 Å². The molecule has 2 aromatic carbocycles. The maximum atomic E-state index is 13.7. The van der Waals surface area contributed by atoms with Crippen molar-refractivity contribution in [3.63, 3.8) is 0 Å². The highest BCUT2D eigenvalue weighted by Crippen LogP contribution is 2.30. The molecule has 0 radical (unpaired) electrons. The van der Waals surface area contributed by atoms with Gasteiger partial charge < -0.3 is 0 Å². The molecule has 3 heterocycles. The topological polar surface area (TPSA) is 81.0 Å². The molecule has 1 saturated heterocycles. The van der Waals surface area contributed by atoms with E-state index in [9.17, 15) is 22.8 Å². The van der Waals surface area contributed by atoms with Gasteiger partial charge in [0.15, 0.2) is 17.4 Å². The summed E-state index contributed by atoms with van der Waals surface area (Å²) >= 11 is 0. The lowest BCUT2D eigenvalue weighted by Gasteiger charge is -2.22. The minimum Gasteiger partial charge on any atom is -0.297 e. The first-order valence-electron chi connectivity index (χ1n) is 12.7. The Balaban J connectivity index is 1.36. The van der Waals surface area contributed by atoms with Crippen LogP contribution in [-0.4, -0.2) is 38.0 Å². The summed E-state index contributed by atoms with van der Waals surface area (Å²) in [5, 5.41) is 4.52. The standard InChI is InChI=1S/C29H26F3N5O2/c1-18(21-3-2-14-36(27(39)15-21)26-16-24(32)12-13-33-26)25(38)17-37-29(20-6-10-23(31)11-7-20)34-28(35-37)19-4-8-22(30)9-5-19/h4-13,16,18,21H,2-3,14-15,17H2,1H3. The Morgan fingerprint density at radius 2 is 1.64 bits per heavy atom. The number of rotatable bonds is 7. The van der Waals surface area contributed by atoms with Crippen molar-refractivity contribution in [3.05, 3.63) is 84.3 Å². The lowest BCUT2D eigenvalue weighted by molar-refractivity contribution is -0.125. The van der Waals surface area contributed by atoms with Crippen LogP contribution in [0.2, 0.25) is 0 Å². The van der Waals surface area contributed by atoms with Crippen molar-refractivity contribution in [3.8, 4) is 22.8 Å². The van der Waals surface area contributed by atoms with E-state index in [-0.39, 0.29) is 36.4 Å². The van der Waals surface area contributed by atoms with E-state index in [0.717, 1.165) is 0 Å². The van der Waals surface area contributed by atoms with Crippen LogP contribution < -0.4 is 4.90 Å². The van der Waals surface area contributed by atoms with Gasteiger partial charge in [-0.3, -0.25) is 14.5 Å². The van der Waals surface area contributed by atoms with Crippen molar-refractivity contribution in [2.24, 2.45) is 11.8 Å². The number of anilines is 1. The molecule has 1 amide bonds. The first kappa shape index (κ1) is 26.3. The number of amides is 1. The third kappa shape index (κ3) is 5.89. The van der Waals surface area contributed by atoms with Crippen molar-refractivity contribution >= 4 is 17.5 Å². The van der Waals surface area contributed by atoms with Crippen LogP contribution in [0.4, 0.5) is 19.0 Å². The Bertz CT molecular complexity index is 1490. The molecule has 2 unspecified atom stereocenters. The second kappa shape index (κ2) is 11.2. The highest BCUT2D eigenvalue weighted by Gasteiger charge is 2.32. The molecule has 200 valence electrons. The highest BCUT2D eigenvalue weighted by molar-refractivity contribution is 5.93. The fourth-order valence-electron chi connectivity index (χ4n) is 4.82. The summed E-state index contributed by atoms with van der Waals surface area (Å²) in [5.41, 5.74) is 1.14. The molecule has 2 aromatic heterocycles. The van der Waals surface area contributed by atoms with Crippen molar-refractivity contribution in [1.82, 2.24) is 19.7 Å². The smallest absolute Gasteiger partial charge is 0.228 e. The number of aromatic nitrogens is 4. The zero-order chi connectivity index (χ0) is 27.5. The molecule has 2 atom stereocenters. The van der Waals surface area contributed by atoms with E-state index in [1.165, 1.54) is 52.2 Å². The average Bonchev–Trinajstić information content (AvgIpc) is 3.23. The summed E-state index contributed by atoms with van der Waals surface area (Å²) in [7, 11) is 0. The number of benzene rings is 2. The lowest BCUT2D eigenvalue weighted by atomic mass is 9.84. The maximum Gasteiger partial charge on any atom is 0.228 e. The number of hydrogen-bond acceptors (Lipinski definition) is 5. The van der Waals surface area contributed by atoms with Crippen LogP contribution >= 0.6 is 0 Å². The third-order valence-electron chi connectivity index (χ3n) is 7.08.